The Morgan fingerprint density at radius 1 is 1.00 bits per heavy atom. The fourth-order valence-electron chi connectivity index (χ4n) is 2.99. The summed E-state index contributed by atoms with van der Waals surface area (Å²) >= 11 is 0. The first-order chi connectivity index (χ1) is 13.7. The van der Waals surface area contributed by atoms with Gasteiger partial charge in [-0.05, 0) is 48.5 Å². The zero-order valence-electron chi connectivity index (χ0n) is 14.6. The van der Waals surface area contributed by atoms with E-state index in [-0.39, 0.29) is 5.91 Å². The predicted octanol–water partition coefficient (Wildman–Crippen LogP) is 3.83. The number of imidazole rings is 1. The number of H-pyrrole nitrogens is 2. The molecule has 0 bridgehead atoms. The third-order valence-electron chi connectivity index (χ3n) is 4.35. The van der Waals surface area contributed by atoms with Gasteiger partial charge in [0.05, 0.1) is 22.7 Å². The van der Waals surface area contributed by atoms with Gasteiger partial charge >= 0.3 is 0 Å². The molecule has 4 N–H and O–H groups in total. The summed E-state index contributed by atoms with van der Waals surface area (Å²) in [7, 11) is 0. The van der Waals surface area contributed by atoms with Crippen LogP contribution in [0.3, 0.4) is 0 Å². The van der Waals surface area contributed by atoms with E-state index in [1.54, 1.807) is 24.5 Å². The highest BCUT2D eigenvalue weighted by molar-refractivity contribution is 6.06. The molecule has 3 aromatic heterocycles. The highest BCUT2D eigenvalue weighted by Crippen LogP contribution is 2.21. The quantitative estimate of drug-likeness (QED) is 0.385. The fourth-order valence-corrected chi connectivity index (χ4v) is 2.99. The Morgan fingerprint density at radius 3 is 2.86 bits per heavy atom. The molecule has 28 heavy (non-hydrogen) atoms. The van der Waals surface area contributed by atoms with Gasteiger partial charge in [-0.2, -0.15) is 5.10 Å². The van der Waals surface area contributed by atoms with E-state index in [4.69, 9.17) is 0 Å². The fraction of sp³-hybridized carbons (Fsp3) is 0. The topological polar surface area (TPSA) is 111 Å². The van der Waals surface area contributed by atoms with Crippen molar-refractivity contribution in [2.24, 2.45) is 0 Å². The Hall–Kier alpha value is -4.20. The van der Waals surface area contributed by atoms with Gasteiger partial charge in [0, 0.05) is 22.8 Å². The van der Waals surface area contributed by atoms with E-state index in [0.29, 0.717) is 23.0 Å². The monoisotopic (exact) mass is 369 g/mol. The number of nitrogens with zero attached hydrogens (tertiary/aromatic N) is 3. The largest absolute Gasteiger partial charge is 0.324 e. The Morgan fingerprint density at radius 2 is 1.96 bits per heavy atom. The lowest BCUT2D eigenvalue weighted by atomic mass is 10.1. The number of pyridine rings is 1. The summed E-state index contributed by atoms with van der Waals surface area (Å²) < 4.78 is 0. The van der Waals surface area contributed by atoms with E-state index < -0.39 is 0 Å². The van der Waals surface area contributed by atoms with Gasteiger partial charge in [-0.3, -0.25) is 9.89 Å². The molecule has 0 radical (unpaired) electrons. The van der Waals surface area contributed by atoms with Crippen LogP contribution in [0, 0.1) is 0 Å². The van der Waals surface area contributed by atoms with Crippen molar-refractivity contribution in [3.8, 4) is 0 Å². The Balaban J connectivity index is 1.38. The van der Waals surface area contributed by atoms with Crippen LogP contribution in [0.4, 0.5) is 17.5 Å². The average Bonchev–Trinajstić information content (AvgIpc) is 3.33. The van der Waals surface area contributed by atoms with Crippen LogP contribution >= 0.6 is 0 Å². The number of aromatic amines is 2. The highest BCUT2D eigenvalue weighted by Gasteiger charge is 2.10. The van der Waals surface area contributed by atoms with Gasteiger partial charge in [0.1, 0.15) is 5.82 Å². The van der Waals surface area contributed by atoms with Crippen LogP contribution < -0.4 is 10.6 Å². The van der Waals surface area contributed by atoms with E-state index in [0.717, 1.165) is 21.9 Å². The normalized spacial score (nSPS) is 11.0. The third-order valence-corrected chi connectivity index (χ3v) is 4.35. The summed E-state index contributed by atoms with van der Waals surface area (Å²) in [6.07, 6.45) is 3.42. The predicted molar refractivity (Wildman–Crippen MR) is 108 cm³/mol. The molecule has 0 saturated heterocycles. The SMILES string of the molecule is O=C(Nc1ccc2[nH]ncc2c1)c1ccc2nc(Nc3ccccn3)[nH]c2c1. The van der Waals surface area contributed by atoms with Crippen molar-refractivity contribution in [3.63, 3.8) is 0 Å². The first-order valence-corrected chi connectivity index (χ1v) is 8.67. The van der Waals surface area contributed by atoms with Gasteiger partial charge in [0.2, 0.25) is 5.95 Å². The molecule has 5 rings (SSSR count). The lowest BCUT2D eigenvalue weighted by Gasteiger charge is -2.05. The van der Waals surface area contributed by atoms with E-state index in [2.05, 4.69) is 35.8 Å². The number of anilines is 3. The van der Waals surface area contributed by atoms with E-state index in [1.807, 2.05) is 42.5 Å². The summed E-state index contributed by atoms with van der Waals surface area (Å²) in [6, 6.07) is 16.5. The van der Waals surface area contributed by atoms with Gasteiger partial charge in [0.15, 0.2) is 0 Å². The molecular formula is C20H15N7O. The number of benzene rings is 2. The second-order valence-corrected chi connectivity index (χ2v) is 6.28. The van der Waals surface area contributed by atoms with Crippen LogP contribution in [0.25, 0.3) is 21.9 Å². The molecule has 0 aliphatic carbocycles. The van der Waals surface area contributed by atoms with Crippen LogP contribution in [0.2, 0.25) is 0 Å². The minimum atomic E-state index is -0.196. The summed E-state index contributed by atoms with van der Waals surface area (Å²) in [5.41, 5.74) is 3.69. The van der Waals surface area contributed by atoms with Crippen molar-refractivity contribution in [1.82, 2.24) is 25.1 Å². The number of rotatable bonds is 4. The molecular weight excluding hydrogens is 354 g/mol. The Labute approximate surface area is 159 Å². The van der Waals surface area contributed by atoms with E-state index in [1.165, 1.54) is 0 Å². The van der Waals surface area contributed by atoms with E-state index in [9.17, 15) is 4.79 Å². The van der Waals surface area contributed by atoms with Crippen molar-refractivity contribution < 1.29 is 4.79 Å². The maximum absolute atomic E-state index is 12.6. The molecule has 0 unspecified atom stereocenters. The maximum atomic E-state index is 12.6. The summed E-state index contributed by atoms with van der Waals surface area (Å²) in [4.78, 5) is 24.5. The molecule has 0 aliphatic rings. The number of carbonyl (C=O) groups is 1. The van der Waals surface area contributed by atoms with Crippen LogP contribution in [-0.2, 0) is 0 Å². The first-order valence-electron chi connectivity index (χ1n) is 8.67. The van der Waals surface area contributed by atoms with Gasteiger partial charge in [-0.25, -0.2) is 9.97 Å². The lowest BCUT2D eigenvalue weighted by Crippen LogP contribution is -2.11. The summed E-state index contributed by atoms with van der Waals surface area (Å²) in [6.45, 7) is 0. The molecule has 1 amide bonds. The second kappa shape index (κ2) is 6.51. The number of hydrogen-bond donors (Lipinski definition) is 4. The van der Waals surface area contributed by atoms with Crippen molar-refractivity contribution in [2.75, 3.05) is 10.6 Å². The molecule has 136 valence electrons. The zero-order valence-corrected chi connectivity index (χ0v) is 14.6. The van der Waals surface area contributed by atoms with Gasteiger partial charge in [-0.15, -0.1) is 0 Å². The van der Waals surface area contributed by atoms with Crippen molar-refractivity contribution >= 4 is 45.3 Å². The number of amides is 1. The van der Waals surface area contributed by atoms with Crippen LogP contribution in [0.15, 0.2) is 67.0 Å². The molecule has 0 saturated carbocycles. The lowest BCUT2D eigenvalue weighted by molar-refractivity contribution is 0.102. The summed E-state index contributed by atoms with van der Waals surface area (Å²) in [5.74, 6) is 1.06. The van der Waals surface area contributed by atoms with Crippen molar-refractivity contribution in [3.05, 3.63) is 72.6 Å². The molecule has 3 heterocycles. The highest BCUT2D eigenvalue weighted by atomic mass is 16.1. The molecule has 0 fully saturated rings. The van der Waals surface area contributed by atoms with Crippen LogP contribution in [-0.4, -0.2) is 31.1 Å². The molecule has 0 spiro atoms. The standard InChI is InChI=1S/C20H15N7O/c28-19(23-14-5-7-15-13(9-14)11-22-27-15)12-4-6-16-17(10-12)25-20(24-16)26-18-3-1-2-8-21-18/h1-11H,(H,22,27)(H,23,28)(H2,21,24,25,26). The van der Waals surface area contributed by atoms with Crippen molar-refractivity contribution in [1.29, 1.82) is 0 Å². The Bertz CT molecular complexity index is 1290. The van der Waals surface area contributed by atoms with Crippen molar-refractivity contribution in [2.45, 2.75) is 0 Å². The molecule has 8 heteroatoms. The van der Waals surface area contributed by atoms with Crippen LogP contribution in [0.1, 0.15) is 10.4 Å². The smallest absolute Gasteiger partial charge is 0.255 e. The second-order valence-electron chi connectivity index (χ2n) is 6.28. The zero-order chi connectivity index (χ0) is 18.9. The summed E-state index contributed by atoms with van der Waals surface area (Å²) in [5, 5.41) is 13.8. The number of nitrogens with one attached hydrogen (secondary N) is 4. The van der Waals surface area contributed by atoms with E-state index >= 15 is 0 Å². The molecule has 5 aromatic rings. The minimum absolute atomic E-state index is 0.196. The number of hydrogen-bond acceptors (Lipinski definition) is 5. The van der Waals surface area contributed by atoms with Crippen LogP contribution in [0.5, 0.6) is 0 Å². The van der Waals surface area contributed by atoms with Gasteiger partial charge < -0.3 is 15.6 Å². The molecule has 0 aliphatic heterocycles. The minimum Gasteiger partial charge on any atom is -0.324 e. The van der Waals surface area contributed by atoms with Gasteiger partial charge in [0.25, 0.3) is 5.91 Å². The number of aromatic nitrogens is 5. The molecule has 8 nitrogen and oxygen atoms in total. The molecule has 0 atom stereocenters. The number of fused-ring (bicyclic) bond motifs is 2. The Kier molecular flexibility index (Phi) is 3.72. The maximum Gasteiger partial charge on any atom is 0.255 e. The molecule has 2 aromatic carbocycles. The third kappa shape index (κ3) is 3.03. The van der Waals surface area contributed by atoms with Gasteiger partial charge in [-0.1, -0.05) is 6.07 Å². The number of carbonyl (C=O) groups excluding carboxylic acids is 1. The first kappa shape index (κ1) is 16.0. The average molecular weight is 369 g/mol.